The highest BCUT2D eigenvalue weighted by atomic mass is 19.1. The normalized spacial score (nSPS) is 13.4. The Morgan fingerprint density at radius 1 is 0.923 bits per heavy atom. The van der Waals surface area contributed by atoms with E-state index in [-0.39, 0.29) is 28.6 Å². The van der Waals surface area contributed by atoms with Crippen LogP contribution in [0.15, 0.2) is 101 Å². The zero-order valence-electron chi connectivity index (χ0n) is 20.8. The number of allylic oxidation sites excluding steroid dienone is 1. The summed E-state index contributed by atoms with van der Waals surface area (Å²) in [6.07, 6.45) is 1.47. The lowest BCUT2D eigenvalue weighted by Gasteiger charge is -2.07. The summed E-state index contributed by atoms with van der Waals surface area (Å²) in [7, 11) is 0. The van der Waals surface area contributed by atoms with E-state index in [9.17, 15) is 14.0 Å². The van der Waals surface area contributed by atoms with Gasteiger partial charge in [0.25, 0.3) is 0 Å². The molecule has 0 unspecified atom stereocenters. The molecule has 0 spiro atoms. The Morgan fingerprint density at radius 2 is 1.74 bits per heavy atom. The Bertz CT molecular complexity index is 1770. The number of hydrogen-bond acceptors (Lipinski definition) is 6. The molecule has 6 rings (SSSR count). The van der Waals surface area contributed by atoms with Crippen LogP contribution in [0.2, 0.25) is 0 Å². The molecule has 39 heavy (non-hydrogen) atoms. The number of benzene rings is 4. The SMILES string of the molecule is Cc1oc2ccc(OCc3ccccc3)cc2c1C(=O)Oc1ccc2c(c1)OC(=Cc1cccc(F)c1)C2=O. The highest BCUT2D eigenvalue weighted by molar-refractivity contribution is 6.14. The number of rotatable bonds is 6. The van der Waals surface area contributed by atoms with Crippen LogP contribution in [0.1, 0.15) is 37.6 Å². The molecule has 1 aliphatic heterocycles. The molecular weight excluding hydrogens is 499 g/mol. The molecule has 0 fully saturated rings. The number of Topliss-reactive ketones (excluding diaryl/α,β-unsaturated/α-hetero) is 1. The van der Waals surface area contributed by atoms with Crippen LogP contribution in [0.5, 0.6) is 17.2 Å². The van der Waals surface area contributed by atoms with E-state index in [2.05, 4.69) is 0 Å². The van der Waals surface area contributed by atoms with Crippen LogP contribution in [0.4, 0.5) is 4.39 Å². The minimum absolute atomic E-state index is 0.0544. The van der Waals surface area contributed by atoms with E-state index in [0.717, 1.165) is 5.56 Å². The number of fused-ring (bicyclic) bond motifs is 2. The van der Waals surface area contributed by atoms with Gasteiger partial charge in [-0.1, -0.05) is 42.5 Å². The van der Waals surface area contributed by atoms with Gasteiger partial charge >= 0.3 is 5.97 Å². The second kappa shape index (κ2) is 9.95. The van der Waals surface area contributed by atoms with Crippen molar-refractivity contribution in [2.75, 3.05) is 0 Å². The molecule has 0 aliphatic carbocycles. The van der Waals surface area contributed by atoms with E-state index in [1.807, 2.05) is 30.3 Å². The van der Waals surface area contributed by atoms with Gasteiger partial charge in [-0.3, -0.25) is 4.79 Å². The number of carbonyl (C=O) groups is 2. The quantitative estimate of drug-likeness (QED) is 0.133. The molecule has 2 heterocycles. The smallest absolute Gasteiger partial charge is 0.347 e. The molecule has 0 radical (unpaired) electrons. The fraction of sp³-hybridized carbons (Fsp3) is 0.0625. The Hall–Kier alpha value is -5.17. The molecule has 0 N–H and O–H groups in total. The Morgan fingerprint density at radius 3 is 2.56 bits per heavy atom. The third-order valence-corrected chi connectivity index (χ3v) is 6.29. The van der Waals surface area contributed by atoms with Gasteiger partial charge in [-0.05, 0) is 66.6 Å². The van der Waals surface area contributed by atoms with Crippen molar-refractivity contribution in [3.05, 3.63) is 131 Å². The largest absolute Gasteiger partial charge is 0.489 e. The highest BCUT2D eigenvalue weighted by Crippen LogP contribution is 2.36. The Labute approximate surface area is 222 Å². The van der Waals surface area contributed by atoms with E-state index in [0.29, 0.717) is 40.2 Å². The lowest BCUT2D eigenvalue weighted by Crippen LogP contribution is -2.09. The summed E-state index contributed by atoms with van der Waals surface area (Å²) >= 11 is 0. The van der Waals surface area contributed by atoms with Crippen molar-refractivity contribution >= 4 is 28.8 Å². The maximum absolute atomic E-state index is 13.5. The van der Waals surface area contributed by atoms with Crippen LogP contribution >= 0.6 is 0 Å². The number of ether oxygens (including phenoxy) is 3. The average molecular weight is 521 g/mol. The second-order valence-electron chi connectivity index (χ2n) is 9.01. The zero-order chi connectivity index (χ0) is 26.9. The molecular formula is C32H21FO6. The summed E-state index contributed by atoms with van der Waals surface area (Å²) in [5, 5.41) is 0.566. The molecule has 7 heteroatoms. The van der Waals surface area contributed by atoms with Crippen LogP contribution in [-0.2, 0) is 6.61 Å². The zero-order valence-corrected chi connectivity index (χ0v) is 20.8. The third-order valence-electron chi connectivity index (χ3n) is 6.29. The van der Waals surface area contributed by atoms with E-state index < -0.39 is 11.8 Å². The third kappa shape index (κ3) is 4.90. The summed E-state index contributed by atoms with van der Waals surface area (Å²) in [5.74, 6) is 0.115. The highest BCUT2D eigenvalue weighted by Gasteiger charge is 2.29. The van der Waals surface area contributed by atoms with Crippen LogP contribution in [0.3, 0.4) is 0 Å². The molecule has 0 bridgehead atoms. The molecule has 1 aromatic heterocycles. The topological polar surface area (TPSA) is 75.0 Å². The van der Waals surface area contributed by atoms with Crippen LogP contribution in [0.25, 0.3) is 17.0 Å². The average Bonchev–Trinajstić information content (AvgIpc) is 3.42. The lowest BCUT2D eigenvalue weighted by atomic mass is 10.1. The first kappa shape index (κ1) is 24.2. The number of halogens is 1. The maximum atomic E-state index is 13.5. The summed E-state index contributed by atoms with van der Waals surface area (Å²) < 4.78 is 36.6. The van der Waals surface area contributed by atoms with Crippen molar-refractivity contribution in [2.45, 2.75) is 13.5 Å². The number of carbonyl (C=O) groups excluding carboxylic acids is 2. The number of esters is 1. The molecule has 192 valence electrons. The Kier molecular flexibility index (Phi) is 6.17. The number of aryl methyl sites for hydroxylation is 1. The predicted molar refractivity (Wildman–Crippen MR) is 142 cm³/mol. The number of hydrogen-bond donors (Lipinski definition) is 0. The molecule has 0 saturated carbocycles. The van der Waals surface area contributed by atoms with E-state index in [1.165, 1.54) is 36.4 Å². The molecule has 0 atom stereocenters. The summed E-state index contributed by atoms with van der Waals surface area (Å²) in [4.78, 5) is 26.0. The van der Waals surface area contributed by atoms with E-state index in [4.69, 9.17) is 18.6 Å². The first-order valence-electron chi connectivity index (χ1n) is 12.2. The molecule has 6 nitrogen and oxygen atoms in total. The molecule has 1 aliphatic rings. The number of ketones is 1. The minimum Gasteiger partial charge on any atom is -0.489 e. The molecule has 5 aromatic rings. The second-order valence-corrected chi connectivity index (χ2v) is 9.01. The van der Waals surface area contributed by atoms with Gasteiger partial charge in [-0.2, -0.15) is 0 Å². The van der Waals surface area contributed by atoms with Crippen molar-refractivity contribution in [1.82, 2.24) is 0 Å². The first-order chi connectivity index (χ1) is 18.9. The standard InChI is InChI=1S/C32H21FO6/c1-19-30(26-16-23(11-13-27(26)37-19)36-18-20-6-3-2-4-7-20)32(35)38-24-10-12-25-28(17-24)39-29(31(25)34)15-21-8-5-9-22(33)14-21/h2-17H,18H2,1H3. The minimum atomic E-state index is -0.619. The van der Waals surface area contributed by atoms with Gasteiger partial charge in [-0.25, -0.2) is 9.18 Å². The van der Waals surface area contributed by atoms with Crippen LogP contribution in [0, 0.1) is 12.7 Å². The summed E-state index contributed by atoms with van der Waals surface area (Å²) in [5.41, 5.74) is 2.64. The lowest BCUT2D eigenvalue weighted by molar-refractivity contribution is 0.0734. The fourth-order valence-corrected chi connectivity index (χ4v) is 4.42. The molecule has 0 amide bonds. The van der Waals surface area contributed by atoms with Gasteiger partial charge < -0.3 is 18.6 Å². The van der Waals surface area contributed by atoms with Crippen LogP contribution in [-0.4, -0.2) is 11.8 Å². The van der Waals surface area contributed by atoms with Crippen molar-refractivity contribution in [3.63, 3.8) is 0 Å². The van der Waals surface area contributed by atoms with Gasteiger partial charge in [-0.15, -0.1) is 0 Å². The molecule has 4 aromatic carbocycles. The maximum Gasteiger partial charge on any atom is 0.347 e. The van der Waals surface area contributed by atoms with Gasteiger partial charge in [0.05, 0.1) is 5.56 Å². The van der Waals surface area contributed by atoms with E-state index >= 15 is 0 Å². The summed E-state index contributed by atoms with van der Waals surface area (Å²) in [6, 6.07) is 25.4. The van der Waals surface area contributed by atoms with Gasteiger partial charge in [0.15, 0.2) is 5.76 Å². The van der Waals surface area contributed by atoms with E-state index in [1.54, 1.807) is 37.3 Å². The number of furan rings is 1. The predicted octanol–water partition coefficient (Wildman–Crippen LogP) is 7.29. The monoisotopic (exact) mass is 520 g/mol. The van der Waals surface area contributed by atoms with Crippen molar-refractivity contribution < 1.29 is 32.6 Å². The molecule has 0 saturated heterocycles. The van der Waals surface area contributed by atoms with Gasteiger partial charge in [0.1, 0.15) is 46.6 Å². The van der Waals surface area contributed by atoms with Gasteiger partial charge in [0, 0.05) is 11.5 Å². The van der Waals surface area contributed by atoms with Gasteiger partial charge in [0.2, 0.25) is 5.78 Å². The van der Waals surface area contributed by atoms with Crippen molar-refractivity contribution in [3.8, 4) is 17.2 Å². The Balaban J connectivity index is 1.22. The van der Waals surface area contributed by atoms with Crippen LogP contribution < -0.4 is 14.2 Å². The summed E-state index contributed by atoms with van der Waals surface area (Å²) in [6.45, 7) is 2.07. The van der Waals surface area contributed by atoms with Crippen molar-refractivity contribution in [1.29, 1.82) is 0 Å². The van der Waals surface area contributed by atoms with Crippen molar-refractivity contribution in [2.24, 2.45) is 0 Å². The first-order valence-corrected chi connectivity index (χ1v) is 12.2. The fourth-order valence-electron chi connectivity index (χ4n) is 4.42.